The number of hydrogen-bond donors (Lipinski definition) is 0. The summed E-state index contributed by atoms with van der Waals surface area (Å²) in [5, 5.41) is 0. The van der Waals surface area contributed by atoms with Crippen molar-refractivity contribution in [3.8, 4) is 0 Å². The molecule has 0 fully saturated rings. The van der Waals surface area contributed by atoms with Gasteiger partial charge in [0.05, 0.1) is 0 Å². The van der Waals surface area contributed by atoms with Crippen molar-refractivity contribution in [1.82, 2.24) is 0 Å². The molecule has 0 amide bonds. The molecule has 0 aliphatic rings. The Bertz CT molecular complexity index is 51.1. The summed E-state index contributed by atoms with van der Waals surface area (Å²) in [7, 11) is 0. The van der Waals surface area contributed by atoms with Gasteiger partial charge in [-0.2, -0.15) is 0 Å². The second-order valence-corrected chi connectivity index (χ2v) is 0.493. The molecule has 0 heteroatoms. The van der Waals surface area contributed by atoms with Gasteiger partial charge in [-0.1, -0.05) is 13.0 Å². The smallest absolute Gasteiger partial charge is 0.0307 e. The summed E-state index contributed by atoms with van der Waals surface area (Å²) in [6, 6.07) is 0. The fourth-order valence-corrected chi connectivity index (χ4v) is 0. The Morgan fingerprint density at radius 2 is 2.75 bits per heavy atom. The number of rotatable bonds is 1. The molecule has 0 aromatic heterocycles. The Kier molecular flexibility index (Phi) is 0.856. The Labute approximate surface area is 30.0 Å². The largest absolute Gasteiger partial charge is 0.103 e. The van der Waals surface area contributed by atoms with Crippen molar-refractivity contribution in [2.45, 2.75) is 13.3 Å². The summed E-state index contributed by atoms with van der Waals surface area (Å²) in [6.07, 6.45) is 0.0764. The highest BCUT2D eigenvalue weighted by Crippen LogP contribution is 1.66. The first-order valence-corrected chi connectivity index (χ1v) is 1.20. The van der Waals surface area contributed by atoms with Crippen LogP contribution in [-0.4, -0.2) is 0 Å². The standard InChI is InChI=1S/C4H8/c1-3-4-2/h3H,1,4H2,2H3/i4D2. The van der Waals surface area contributed by atoms with Gasteiger partial charge in [0.1, 0.15) is 0 Å². The average molecular weight is 58.1 g/mol. The Morgan fingerprint density at radius 1 is 2.50 bits per heavy atom. The molecule has 0 atom stereocenters. The molecule has 0 aliphatic heterocycles. The molecular formula is C4H8. The molecule has 0 aromatic rings. The first-order valence-electron chi connectivity index (χ1n) is 2.20. The van der Waals surface area contributed by atoms with Gasteiger partial charge in [0, 0.05) is 2.74 Å². The molecule has 0 nitrogen and oxygen atoms in total. The zero-order valence-corrected chi connectivity index (χ0v) is 2.78. The highest BCUT2D eigenvalue weighted by atomic mass is 13.5. The molecule has 0 spiro atoms. The first-order chi connectivity index (χ1) is 2.56. The van der Waals surface area contributed by atoms with Crippen molar-refractivity contribution in [3.63, 3.8) is 0 Å². The fourth-order valence-electron chi connectivity index (χ4n) is 0. The topological polar surface area (TPSA) is 0 Å². The van der Waals surface area contributed by atoms with Gasteiger partial charge in [0.2, 0.25) is 0 Å². The quantitative estimate of drug-likeness (QED) is 0.401. The van der Waals surface area contributed by atoms with Crippen LogP contribution in [-0.2, 0) is 0 Å². The van der Waals surface area contributed by atoms with Gasteiger partial charge in [0.25, 0.3) is 0 Å². The molecule has 0 N–H and O–H groups in total. The minimum atomic E-state index is -1.19. The summed E-state index contributed by atoms with van der Waals surface area (Å²) >= 11 is 0. The van der Waals surface area contributed by atoms with E-state index in [4.69, 9.17) is 2.74 Å². The van der Waals surface area contributed by atoms with Crippen molar-refractivity contribution in [3.05, 3.63) is 12.7 Å². The molecule has 0 rings (SSSR count). The van der Waals surface area contributed by atoms with Gasteiger partial charge in [-0.05, 0) is 6.37 Å². The van der Waals surface area contributed by atoms with Crippen molar-refractivity contribution in [1.29, 1.82) is 0 Å². The van der Waals surface area contributed by atoms with Crippen LogP contribution in [0.5, 0.6) is 0 Å². The van der Waals surface area contributed by atoms with Crippen LogP contribution in [0.4, 0.5) is 0 Å². The van der Waals surface area contributed by atoms with Crippen molar-refractivity contribution in [2.75, 3.05) is 0 Å². The van der Waals surface area contributed by atoms with Crippen LogP contribution in [0.25, 0.3) is 0 Å². The third-order valence-electron chi connectivity index (χ3n) is 0.204. The van der Waals surface area contributed by atoms with Crippen molar-refractivity contribution >= 4 is 0 Å². The van der Waals surface area contributed by atoms with E-state index in [2.05, 4.69) is 6.58 Å². The second kappa shape index (κ2) is 2.74. The van der Waals surface area contributed by atoms with Crippen LogP contribution in [0.1, 0.15) is 16.0 Å². The second-order valence-electron chi connectivity index (χ2n) is 0.493. The normalized spacial score (nSPS) is 17.2. The van der Waals surface area contributed by atoms with Gasteiger partial charge in [-0.15, -0.1) is 6.58 Å². The average Bonchev–Trinajstić information content (AvgIpc) is 1.35. The molecule has 4 heavy (non-hydrogen) atoms. The molecule has 0 heterocycles. The van der Waals surface area contributed by atoms with E-state index in [1.165, 1.54) is 13.0 Å². The van der Waals surface area contributed by atoms with Gasteiger partial charge < -0.3 is 0 Å². The van der Waals surface area contributed by atoms with E-state index in [0.29, 0.717) is 0 Å². The van der Waals surface area contributed by atoms with E-state index >= 15 is 0 Å². The maximum atomic E-state index is 6.73. The van der Waals surface area contributed by atoms with E-state index in [-0.39, 0.29) is 0 Å². The predicted molar refractivity (Wildman–Crippen MR) is 20.5 cm³/mol. The van der Waals surface area contributed by atoms with Gasteiger partial charge in [-0.25, -0.2) is 0 Å². The summed E-state index contributed by atoms with van der Waals surface area (Å²) in [5.41, 5.74) is 0. The highest BCUT2D eigenvalue weighted by molar-refractivity contribution is 4.60. The lowest BCUT2D eigenvalue weighted by molar-refractivity contribution is 1.23. The number of allylic oxidation sites excluding steroid dienone is 1. The Morgan fingerprint density at radius 3 is 2.75 bits per heavy atom. The monoisotopic (exact) mass is 58.1 g/mol. The first kappa shape index (κ1) is 1.25. The van der Waals surface area contributed by atoms with E-state index in [9.17, 15) is 0 Å². The molecule has 0 aromatic carbocycles. The van der Waals surface area contributed by atoms with Crippen molar-refractivity contribution in [2.24, 2.45) is 0 Å². The third-order valence-corrected chi connectivity index (χ3v) is 0.204. The van der Waals surface area contributed by atoms with Crippen LogP contribution in [0, 0.1) is 0 Å². The lowest BCUT2D eigenvalue weighted by atomic mass is 10.5. The molecular weight excluding hydrogens is 48.0 g/mol. The third kappa shape index (κ3) is 1.74. The Hall–Kier alpha value is -0.260. The summed E-state index contributed by atoms with van der Waals surface area (Å²) in [6.45, 7) is 4.72. The molecule has 0 unspecified atom stereocenters. The zero-order valence-electron chi connectivity index (χ0n) is 4.78. The Balaban J connectivity index is 3.45. The summed E-state index contributed by atoms with van der Waals surface area (Å²) in [5.74, 6) is 0. The van der Waals surface area contributed by atoms with Crippen LogP contribution in [0.3, 0.4) is 0 Å². The van der Waals surface area contributed by atoms with Gasteiger partial charge in [0.15, 0.2) is 0 Å². The van der Waals surface area contributed by atoms with E-state index in [0.717, 1.165) is 0 Å². The maximum Gasteiger partial charge on any atom is 0.0307 e. The summed E-state index contributed by atoms with van der Waals surface area (Å²) in [4.78, 5) is 0. The van der Waals surface area contributed by atoms with Crippen LogP contribution in [0.15, 0.2) is 12.7 Å². The van der Waals surface area contributed by atoms with Crippen LogP contribution >= 0.6 is 0 Å². The molecule has 0 saturated heterocycles. The molecule has 24 valence electrons. The maximum absolute atomic E-state index is 6.73. The van der Waals surface area contributed by atoms with Crippen LogP contribution < -0.4 is 0 Å². The fraction of sp³-hybridized carbons (Fsp3) is 0.500. The summed E-state index contributed by atoms with van der Waals surface area (Å²) < 4.78 is 13.5. The number of hydrogen-bond acceptors (Lipinski definition) is 0. The van der Waals surface area contributed by atoms with Gasteiger partial charge >= 0.3 is 0 Å². The molecule has 0 bridgehead atoms. The van der Waals surface area contributed by atoms with E-state index < -0.39 is 6.37 Å². The lowest BCUT2D eigenvalue weighted by Crippen LogP contribution is -1.36. The molecule has 0 aliphatic carbocycles. The van der Waals surface area contributed by atoms with Crippen molar-refractivity contribution < 1.29 is 2.74 Å². The predicted octanol–water partition coefficient (Wildman–Crippen LogP) is 1.58. The minimum absolute atomic E-state index is 1.19. The lowest BCUT2D eigenvalue weighted by Gasteiger charge is -1.57. The zero-order chi connectivity index (χ0) is 5.21. The van der Waals surface area contributed by atoms with Gasteiger partial charge in [-0.3, -0.25) is 0 Å². The van der Waals surface area contributed by atoms with Crippen LogP contribution in [0.2, 0.25) is 0 Å². The van der Waals surface area contributed by atoms with E-state index in [1.54, 1.807) is 0 Å². The highest BCUT2D eigenvalue weighted by Gasteiger charge is 1.45. The molecule has 0 saturated carbocycles. The van der Waals surface area contributed by atoms with E-state index in [1.807, 2.05) is 0 Å². The SMILES string of the molecule is [2H]C([2H])(C)C=C. The molecule has 0 radical (unpaired) electrons. The minimum Gasteiger partial charge on any atom is -0.103 e.